The molecule has 2 aromatic heterocycles. The zero-order valence-corrected chi connectivity index (χ0v) is 13.2. The van der Waals surface area contributed by atoms with Crippen LogP contribution in [-0.2, 0) is 0 Å². The number of hydrogen-bond donors (Lipinski definition) is 1. The minimum Gasteiger partial charge on any atom is -0.335 e. The van der Waals surface area contributed by atoms with Gasteiger partial charge in [-0.05, 0) is 22.9 Å². The predicted molar refractivity (Wildman–Crippen MR) is 88.4 cm³/mol. The van der Waals surface area contributed by atoms with Gasteiger partial charge < -0.3 is 4.90 Å². The number of likely N-dealkylation sites (N-methyl/N-ethyl adjacent to an activating group) is 1. The molecule has 0 saturated heterocycles. The van der Waals surface area contributed by atoms with Gasteiger partial charge in [-0.2, -0.15) is 9.78 Å². The van der Waals surface area contributed by atoms with E-state index in [-0.39, 0.29) is 5.91 Å². The molecule has 3 rings (SSSR count). The molecule has 2 heterocycles. The van der Waals surface area contributed by atoms with Crippen molar-refractivity contribution >= 4 is 12.0 Å². The molecule has 0 spiro atoms. The monoisotopic (exact) mass is 323 g/mol. The van der Waals surface area contributed by atoms with Crippen LogP contribution in [0.25, 0.3) is 11.9 Å². The molecule has 24 heavy (non-hydrogen) atoms. The van der Waals surface area contributed by atoms with Crippen LogP contribution in [0.5, 0.6) is 0 Å². The Hall–Kier alpha value is -3.29. The van der Waals surface area contributed by atoms with Crippen molar-refractivity contribution in [2.45, 2.75) is 6.92 Å². The van der Waals surface area contributed by atoms with E-state index in [0.717, 1.165) is 5.56 Å². The minimum atomic E-state index is -0.130. The number of rotatable bonds is 6. The summed E-state index contributed by atoms with van der Waals surface area (Å²) in [5.74, 6) is 0.324. The number of nitrogens with zero attached hydrogens (tertiary/aromatic N) is 6. The molecule has 1 N–H and O–H groups in total. The van der Waals surface area contributed by atoms with Crippen molar-refractivity contribution in [2.24, 2.45) is 0 Å². The maximum absolute atomic E-state index is 12.7. The number of carbonyl (C=O) groups is 1. The van der Waals surface area contributed by atoms with Gasteiger partial charge in [-0.3, -0.25) is 9.89 Å². The van der Waals surface area contributed by atoms with Gasteiger partial charge in [0.1, 0.15) is 11.9 Å². The number of nitrogens with one attached hydrogen (secondary N) is 1. The van der Waals surface area contributed by atoms with Crippen molar-refractivity contribution < 1.29 is 4.79 Å². The van der Waals surface area contributed by atoms with E-state index in [1.54, 1.807) is 4.90 Å². The SMILES string of the molecule is CCN(C/C=C/c1ccccc1)C(=O)c1cn[nH]c1-n1cnnn1. The maximum Gasteiger partial charge on any atom is 0.259 e. The Balaban J connectivity index is 1.73. The lowest BCUT2D eigenvalue weighted by Crippen LogP contribution is -2.31. The summed E-state index contributed by atoms with van der Waals surface area (Å²) < 4.78 is 1.38. The molecule has 0 aliphatic carbocycles. The first-order valence-electron chi connectivity index (χ1n) is 7.57. The number of tetrazole rings is 1. The number of H-pyrrole nitrogens is 1. The van der Waals surface area contributed by atoms with Gasteiger partial charge in [-0.25, -0.2) is 0 Å². The molecule has 0 radical (unpaired) electrons. The van der Waals surface area contributed by atoms with Crippen molar-refractivity contribution in [3.8, 4) is 5.82 Å². The molecule has 8 nitrogen and oxygen atoms in total. The van der Waals surface area contributed by atoms with Crippen molar-refractivity contribution in [2.75, 3.05) is 13.1 Å². The van der Waals surface area contributed by atoms with E-state index in [1.807, 2.05) is 49.4 Å². The molecular weight excluding hydrogens is 306 g/mol. The smallest absolute Gasteiger partial charge is 0.259 e. The molecular formula is C16H17N7O. The van der Waals surface area contributed by atoms with Gasteiger partial charge in [-0.15, -0.1) is 5.10 Å². The number of hydrogen-bond acceptors (Lipinski definition) is 5. The Morgan fingerprint density at radius 1 is 1.33 bits per heavy atom. The molecule has 0 aliphatic heterocycles. The molecule has 0 saturated carbocycles. The van der Waals surface area contributed by atoms with Crippen LogP contribution in [0.4, 0.5) is 0 Å². The highest BCUT2D eigenvalue weighted by Crippen LogP contribution is 2.12. The summed E-state index contributed by atoms with van der Waals surface area (Å²) in [6.45, 7) is 3.02. The number of aromatic nitrogens is 6. The van der Waals surface area contributed by atoms with Crippen molar-refractivity contribution in [3.05, 3.63) is 60.1 Å². The lowest BCUT2D eigenvalue weighted by atomic mass is 10.2. The average Bonchev–Trinajstić information content (AvgIpc) is 3.30. The number of aromatic amines is 1. The molecule has 1 amide bonds. The lowest BCUT2D eigenvalue weighted by molar-refractivity contribution is 0.0782. The molecule has 0 bridgehead atoms. The van der Waals surface area contributed by atoms with E-state index in [4.69, 9.17) is 0 Å². The van der Waals surface area contributed by atoms with Crippen LogP contribution in [0.3, 0.4) is 0 Å². The fourth-order valence-electron chi connectivity index (χ4n) is 2.28. The van der Waals surface area contributed by atoms with Crippen molar-refractivity contribution in [3.63, 3.8) is 0 Å². The highest BCUT2D eigenvalue weighted by Gasteiger charge is 2.20. The molecule has 3 aromatic rings. The Bertz CT molecular complexity index is 808. The summed E-state index contributed by atoms with van der Waals surface area (Å²) in [5.41, 5.74) is 1.52. The largest absolute Gasteiger partial charge is 0.335 e. The van der Waals surface area contributed by atoms with E-state index >= 15 is 0 Å². The maximum atomic E-state index is 12.7. The fraction of sp³-hybridized carbons (Fsp3) is 0.188. The minimum absolute atomic E-state index is 0.130. The summed E-state index contributed by atoms with van der Waals surface area (Å²) in [5, 5.41) is 17.6. The van der Waals surface area contributed by atoms with Gasteiger partial charge in [0.05, 0.1) is 6.20 Å². The standard InChI is InChI=1S/C16H17N7O/c1-2-22(10-6-9-13-7-4-3-5-8-13)16(24)14-11-17-19-15(14)23-12-18-20-21-23/h3-9,11-12H,2,10H2,1H3,(H,17,19)/b9-6+. The summed E-state index contributed by atoms with van der Waals surface area (Å²) in [4.78, 5) is 14.5. The Morgan fingerprint density at radius 3 is 2.88 bits per heavy atom. The molecule has 0 fully saturated rings. The second kappa shape index (κ2) is 7.32. The molecule has 8 heteroatoms. The third-order valence-electron chi connectivity index (χ3n) is 3.53. The van der Waals surface area contributed by atoms with Crippen LogP contribution >= 0.6 is 0 Å². The normalized spacial score (nSPS) is 11.0. The summed E-state index contributed by atoms with van der Waals surface area (Å²) in [6, 6.07) is 9.96. The lowest BCUT2D eigenvalue weighted by Gasteiger charge is -2.18. The van der Waals surface area contributed by atoms with Crippen LogP contribution < -0.4 is 0 Å². The third kappa shape index (κ3) is 3.37. The van der Waals surface area contributed by atoms with E-state index in [0.29, 0.717) is 24.5 Å². The van der Waals surface area contributed by atoms with Gasteiger partial charge >= 0.3 is 0 Å². The second-order valence-electron chi connectivity index (χ2n) is 5.04. The molecule has 0 atom stereocenters. The predicted octanol–water partition coefficient (Wildman–Crippen LogP) is 1.56. The van der Waals surface area contributed by atoms with Crippen LogP contribution in [0.1, 0.15) is 22.8 Å². The fourth-order valence-corrected chi connectivity index (χ4v) is 2.28. The number of carbonyl (C=O) groups excluding carboxylic acids is 1. The Labute approximate surface area is 138 Å². The van der Waals surface area contributed by atoms with Gasteiger partial charge in [0.2, 0.25) is 0 Å². The van der Waals surface area contributed by atoms with E-state index in [2.05, 4.69) is 25.7 Å². The van der Waals surface area contributed by atoms with Gasteiger partial charge in [-0.1, -0.05) is 42.5 Å². The van der Waals surface area contributed by atoms with Gasteiger partial charge in [0.15, 0.2) is 5.82 Å². The van der Waals surface area contributed by atoms with Crippen molar-refractivity contribution in [1.82, 2.24) is 35.3 Å². The molecule has 122 valence electrons. The highest BCUT2D eigenvalue weighted by atomic mass is 16.2. The zero-order chi connectivity index (χ0) is 16.8. The van der Waals surface area contributed by atoms with Crippen LogP contribution in [0.15, 0.2) is 48.9 Å². The van der Waals surface area contributed by atoms with E-state index in [9.17, 15) is 4.79 Å². The van der Waals surface area contributed by atoms with E-state index in [1.165, 1.54) is 17.2 Å². The number of amides is 1. The Morgan fingerprint density at radius 2 is 2.17 bits per heavy atom. The topological polar surface area (TPSA) is 92.6 Å². The van der Waals surface area contributed by atoms with Crippen LogP contribution in [0, 0.1) is 0 Å². The zero-order valence-electron chi connectivity index (χ0n) is 13.2. The first-order valence-corrected chi connectivity index (χ1v) is 7.57. The van der Waals surface area contributed by atoms with Crippen LogP contribution in [-0.4, -0.2) is 54.3 Å². The quantitative estimate of drug-likeness (QED) is 0.743. The summed E-state index contributed by atoms with van der Waals surface area (Å²) in [6.07, 6.45) is 6.86. The molecule has 0 unspecified atom stereocenters. The first kappa shape index (κ1) is 15.6. The number of benzene rings is 1. The summed E-state index contributed by atoms with van der Waals surface area (Å²) >= 11 is 0. The Kier molecular flexibility index (Phi) is 4.76. The molecule has 0 aliphatic rings. The van der Waals surface area contributed by atoms with E-state index < -0.39 is 0 Å². The summed E-state index contributed by atoms with van der Waals surface area (Å²) in [7, 11) is 0. The highest BCUT2D eigenvalue weighted by molar-refractivity contribution is 5.97. The van der Waals surface area contributed by atoms with Gasteiger partial charge in [0, 0.05) is 13.1 Å². The van der Waals surface area contributed by atoms with Crippen molar-refractivity contribution in [1.29, 1.82) is 0 Å². The third-order valence-corrected chi connectivity index (χ3v) is 3.53. The second-order valence-corrected chi connectivity index (χ2v) is 5.04. The first-order chi connectivity index (χ1) is 11.8. The van der Waals surface area contributed by atoms with Gasteiger partial charge in [0.25, 0.3) is 5.91 Å². The molecule has 1 aromatic carbocycles. The van der Waals surface area contributed by atoms with Crippen LogP contribution in [0.2, 0.25) is 0 Å². The average molecular weight is 323 g/mol.